The molecule has 1 heterocycles. The Balaban J connectivity index is 1.96. The van der Waals surface area contributed by atoms with Gasteiger partial charge in [0.25, 0.3) is 0 Å². The zero-order valence-electron chi connectivity index (χ0n) is 8.66. The van der Waals surface area contributed by atoms with Gasteiger partial charge in [-0.2, -0.15) is 0 Å². The summed E-state index contributed by atoms with van der Waals surface area (Å²) in [5.41, 5.74) is 5.42. The number of hydrogen-bond donors (Lipinski definition) is 1. The molecule has 0 aromatic carbocycles. The molecule has 4 nitrogen and oxygen atoms in total. The van der Waals surface area contributed by atoms with E-state index in [9.17, 15) is 4.79 Å². The molecule has 2 fully saturated rings. The van der Waals surface area contributed by atoms with Gasteiger partial charge in [0, 0.05) is 20.2 Å². The number of hydrogen-bond acceptors (Lipinski definition) is 3. The van der Waals surface area contributed by atoms with Crippen molar-refractivity contribution in [2.24, 2.45) is 11.1 Å². The van der Waals surface area contributed by atoms with Crippen molar-refractivity contribution in [1.29, 1.82) is 0 Å². The van der Waals surface area contributed by atoms with Crippen molar-refractivity contribution in [3.8, 4) is 0 Å². The lowest BCUT2D eigenvalue weighted by Crippen LogP contribution is -2.44. The maximum Gasteiger partial charge on any atom is 0.230 e. The maximum atomic E-state index is 12.0. The van der Waals surface area contributed by atoms with Crippen molar-refractivity contribution in [3.05, 3.63) is 0 Å². The Morgan fingerprint density at radius 2 is 2.36 bits per heavy atom. The molecule has 0 radical (unpaired) electrons. The van der Waals surface area contributed by atoms with Gasteiger partial charge in [0.2, 0.25) is 5.91 Å². The largest absolute Gasteiger partial charge is 0.379 e. The lowest BCUT2D eigenvalue weighted by Gasteiger charge is -2.27. The molecule has 2 N–H and O–H groups in total. The first-order valence-corrected chi connectivity index (χ1v) is 5.25. The van der Waals surface area contributed by atoms with Crippen molar-refractivity contribution >= 4 is 5.91 Å². The van der Waals surface area contributed by atoms with Crippen LogP contribution >= 0.6 is 0 Å². The number of likely N-dealkylation sites (N-methyl/N-ethyl adjacent to an activating group) is 1. The third-order valence-electron chi connectivity index (χ3n) is 3.47. The van der Waals surface area contributed by atoms with Crippen LogP contribution in [-0.4, -0.2) is 43.7 Å². The molecule has 1 aliphatic heterocycles. The number of rotatable bonds is 3. The molecule has 1 saturated heterocycles. The van der Waals surface area contributed by atoms with Crippen LogP contribution in [0.5, 0.6) is 0 Å². The fourth-order valence-corrected chi connectivity index (χ4v) is 2.02. The smallest absolute Gasteiger partial charge is 0.230 e. The zero-order valence-corrected chi connectivity index (χ0v) is 8.66. The van der Waals surface area contributed by atoms with Gasteiger partial charge in [0.15, 0.2) is 0 Å². The highest BCUT2D eigenvalue weighted by Crippen LogP contribution is 2.46. The van der Waals surface area contributed by atoms with Gasteiger partial charge in [-0.15, -0.1) is 0 Å². The summed E-state index contributed by atoms with van der Waals surface area (Å²) in [6.45, 7) is 1.95. The number of nitrogens with two attached hydrogens (primary N) is 1. The number of ether oxygens (including phenoxy) is 1. The Morgan fingerprint density at radius 3 is 2.79 bits per heavy atom. The summed E-state index contributed by atoms with van der Waals surface area (Å²) in [4.78, 5) is 13.9. The second kappa shape index (κ2) is 3.51. The van der Waals surface area contributed by atoms with E-state index in [2.05, 4.69) is 0 Å². The van der Waals surface area contributed by atoms with E-state index < -0.39 is 0 Å². The molecule has 0 aromatic rings. The summed E-state index contributed by atoms with van der Waals surface area (Å²) in [6.07, 6.45) is 2.88. The summed E-state index contributed by atoms with van der Waals surface area (Å²) >= 11 is 0. The number of amides is 1. The van der Waals surface area contributed by atoms with E-state index in [1.165, 1.54) is 0 Å². The monoisotopic (exact) mass is 198 g/mol. The standard InChI is InChI=1S/C10H18N2O2/c1-12(8-2-5-14-6-8)9(13)10(7-11)3-4-10/h8H,2-7,11H2,1H3. The minimum Gasteiger partial charge on any atom is -0.379 e. The lowest BCUT2D eigenvalue weighted by molar-refractivity contribution is -0.137. The molecular formula is C10H18N2O2. The molecule has 0 spiro atoms. The van der Waals surface area contributed by atoms with Gasteiger partial charge in [-0.3, -0.25) is 4.79 Å². The maximum absolute atomic E-state index is 12.0. The molecule has 1 amide bonds. The van der Waals surface area contributed by atoms with Gasteiger partial charge in [-0.25, -0.2) is 0 Å². The highest BCUT2D eigenvalue weighted by atomic mass is 16.5. The summed E-state index contributed by atoms with van der Waals surface area (Å²) in [5.74, 6) is 0.218. The van der Waals surface area contributed by atoms with E-state index in [4.69, 9.17) is 10.5 Å². The Bertz CT molecular complexity index is 232. The topological polar surface area (TPSA) is 55.6 Å². The Kier molecular flexibility index (Phi) is 2.49. The molecule has 0 aromatic heterocycles. The van der Waals surface area contributed by atoms with E-state index in [0.717, 1.165) is 25.9 Å². The SMILES string of the molecule is CN(C(=O)C1(CN)CC1)C1CCOC1. The molecule has 2 aliphatic rings. The average molecular weight is 198 g/mol. The minimum atomic E-state index is -0.211. The summed E-state index contributed by atoms with van der Waals surface area (Å²) < 4.78 is 5.27. The zero-order chi connectivity index (χ0) is 10.2. The fourth-order valence-electron chi connectivity index (χ4n) is 2.02. The third kappa shape index (κ3) is 1.53. The van der Waals surface area contributed by atoms with Gasteiger partial charge in [0.05, 0.1) is 18.1 Å². The average Bonchev–Trinajstić information content (AvgIpc) is 2.82. The van der Waals surface area contributed by atoms with E-state index >= 15 is 0 Å². The van der Waals surface area contributed by atoms with Gasteiger partial charge >= 0.3 is 0 Å². The van der Waals surface area contributed by atoms with E-state index in [0.29, 0.717) is 13.2 Å². The summed E-state index contributed by atoms with van der Waals surface area (Å²) in [6, 6.07) is 0.270. The second-order valence-electron chi connectivity index (χ2n) is 4.42. The van der Waals surface area contributed by atoms with Crippen LogP contribution in [0.3, 0.4) is 0 Å². The molecule has 4 heteroatoms. The van der Waals surface area contributed by atoms with Crippen LogP contribution in [0.4, 0.5) is 0 Å². The van der Waals surface area contributed by atoms with Crippen LogP contribution < -0.4 is 5.73 Å². The first-order valence-electron chi connectivity index (χ1n) is 5.25. The molecule has 1 unspecified atom stereocenters. The van der Waals surface area contributed by atoms with Gasteiger partial charge in [-0.05, 0) is 19.3 Å². The van der Waals surface area contributed by atoms with Gasteiger partial charge in [-0.1, -0.05) is 0 Å². The van der Waals surface area contributed by atoms with Crippen LogP contribution in [-0.2, 0) is 9.53 Å². The number of nitrogens with zero attached hydrogens (tertiary/aromatic N) is 1. The van der Waals surface area contributed by atoms with E-state index in [1.54, 1.807) is 0 Å². The molecule has 1 atom stereocenters. The van der Waals surface area contributed by atoms with E-state index in [-0.39, 0.29) is 17.4 Å². The number of carbonyl (C=O) groups excluding carboxylic acids is 1. The minimum absolute atomic E-state index is 0.211. The fraction of sp³-hybridized carbons (Fsp3) is 0.900. The van der Waals surface area contributed by atoms with Crippen LogP contribution in [0.2, 0.25) is 0 Å². The number of carbonyl (C=O) groups is 1. The molecule has 1 saturated carbocycles. The third-order valence-corrected chi connectivity index (χ3v) is 3.47. The highest BCUT2D eigenvalue weighted by Gasteiger charge is 2.50. The molecule has 2 rings (SSSR count). The van der Waals surface area contributed by atoms with Crippen molar-refractivity contribution in [3.63, 3.8) is 0 Å². The normalized spacial score (nSPS) is 28.9. The second-order valence-corrected chi connectivity index (χ2v) is 4.42. The van der Waals surface area contributed by atoms with Crippen LogP contribution in [0, 0.1) is 5.41 Å². The van der Waals surface area contributed by atoms with Gasteiger partial charge < -0.3 is 15.4 Å². The van der Waals surface area contributed by atoms with Crippen molar-refractivity contribution < 1.29 is 9.53 Å². The first kappa shape index (κ1) is 9.93. The van der Waals surface area contributed by atoms with E-state index in [1.807, 2.05) is 11.9 Å². The van der Waals surface area contributed by atoms with Crippen molar-refractivity contribution in [2.45, 2.75) is 25.3 Å². The highest BCUT2D eigenvalue weighted by molar-refractivity contribution is 5.85. The van der Waals surface area contributed by atoms with Crippen LogP contribution in [0.1, 0.15) is 19.3 Å². The van der Waals surface area contributed by atoms with Crippen LogP contribution in [0.25, 0.3) is 0 Å². The van der Waals surface area contributed by atoms with Crippen molar-refractivity contribution in [1.82, 2.24) is 4.90 Å². The Hall–Kier alpha value is -0.610. The molecule has 80 valence electrons. The summed E-state index contributed by atoms with van der Waals surface area (Å²) in [5, 5.41) is 0. The van der Waals surface area contributed by atoms with Gasteiger partial charge in [0.1, 0.15) is 0 Å². The first-order chi connectivity index (χ1) is 6.69. The Morgan fingerprint density at radius 1 is 1.64 bits per heavy atom. The molecule has 0 bridgehead atoms. The molecular weight excluding hydrogens is 180 g/mol. The van der Waals surface area contributed by atoms with Crippen molar-refractivity contribution in [2.75, 3.05) is 26.8 Å². The predicted molar refractivity (Wildman–Crippen MR) is 52.7 cm³/mol. The molecule has 1 aliphatic carbocycles. The predicted octanol–water partition coefficient (Wildman–Crippen LogP) is -0.0274. The summed E-state index contributed by atoms with van der Waals surface area (Å²) in [7, 11) is 1.87. The lowest BCUT2D eigenvalue weighted by atomic mass is 10.0. The molecule has 14 heavy (non-hydrogen) atoms. The Labute approximate surface area is 84.4 Å². The van der Waals surface area contributed by atoms with Crippen LogP contribution in [0.15, 0.2) is 0 Å². The quantitative estimate of drug-likeness (QED) is 0.693.